The summed E-state index contributed by atoms with van der Waals surface area (Å²) in [6.07, 6.45) is 30.4. The highest BCUT2D eigenvalue weighted by Gasteiger charge is 2.48. The quantitative estimate of drug-likeness (QED) is 0.0203. The van der Waals surface area contributed by atoms with Gasteiger partial charge in [-0.25, -0.2) is 4.18 Å². The molecule has 0 radical (unpaired) electrons. The number of unbranched alkanes of at least 4 members (excludes halogenated alkanes) is 18. The number of aliphatic hydroxyl groups excluding tert-OH is 3. The van der Waals surface area contributed by atoms with Gasteiger partial charge in [0.25, 0.3) is 0 Å². The second-order valence-corrected chi connectivity index (χ2v) is 16.0. The third-order valence-corrected chi connectivity index (χ3v) is 10.2. The standard InChI is InChI=1S/C43H78O12S/c1-3-5-7-9-11-13-15-16-17-18-19-20-21-22-24-26-28-30-32-39(45)53-37(35-51-33-31-29-27-25-23-14-12-10-8-6-4-2)36-52-43-41(47)42(55-56(48,49)50)40(46)38(34-44)54-43/h8,10,13,15,17-18,37-38,40-44,46-47H,3-7,9,11-12,14,16,19-36H2,1-2H3,(H,48,49,50)/b10-8-,15-13-,18-17-. The van der Waals surface area contributed by atoms with Crippen molar-refractivity contribution < 1.29 is 56.2 Å². The maximum absolute atomic E-state index is 12.8. The molecule has 56 heavy (non-hydrogen) atoms. The van der Waals surface area contributed by atoms with Crippen LogP contribution in [0.3, 0.4) is 0 Å². The summed E-state index contributed by atoms with van der Waals surface area (Å²) < 4.78 is 58.9. The minimum atomic E-state index is -5.06. The Morgan fingerprint density at radius 1 is 0.679 bits per heavy atom. The van der Waals surface area contributed by atoms with Crippen LogP contribution in [0.5, 0.6) is 0 Å². The first kappa shape index (κ1) is 52.3. The molecule has 0 saturated carbocycles. The molecular weight excluding hydrogens is 741 g/mol. The lowest BCUT2D eigenvalue weighted by molar-refractivity contribution is -0.301. The molecule has 1 saturated heterocycles. The highest BCUT2D eigenvalue weighted by Crippen LogP contribution is 2.26. The fourth-order valence-corrected chi connectivity index (χ4v) is 6.92. The van der Waals surface area contributed by atoms with Crippen LogP contribution in [-0.2, 0) is 38.3 Å². The van der Waals surface area contributed by atoms with Crippen molar-refractivity contribution in [2.75, 3.05) is 26.4 Å². The van der Waals surface area contributed by atoms with Gasteiger partial charge in [0, 0.05) is 13.0 Å². The van der Waals surface area contributed by atoms with Gasteiger partial charge in [0.2, 0.25) is 0 Å². The Morgan fingerprint density at radius 2 is 1.21 bits per heavy atom. The molecule has 0 aromatic rings. The van der Waals surface area contributed by atoms with E-state index in [2.05, 4.69) is 54.5 Å². The molecule has 1 rings (SSSR count). The number of esters is 1. The van der Waals surface area contributed by atoms with E-state index in [-0.39, 0.29) is 19.6 Å². The second-order valence-electron chi connectivity index (χ2n) is 14.9. The fourth-order valence-electron chi connectivity index (χ4n) is 6.41. The molecule has 1 aliphatic rings. The Kier molecular flexibility index (Phi) is 33.0. The van der Waals surface area contributed by atoms with Crippen molar-refractivity contribution in [2.24, 2.45) is 0 Å². The average Bonchev–Trinajstić information content (AvgIpc) is 3.17. The number of ether oxygens (including phenoxy) is 4. The third-order valence-electron chi connectivity index (χ3n) is 9.72. The maximum atomic E-state index is 12.8. The number of aliphatic hydroxyl groups is 3. The topological polar surface area (TPSA) is 178 Å². The molecule has 0 aromatic carbocycles. The Morgan fingerprint density at radius 3 is 1.79 bits per heavy atom. The van der Waals surface area contributed by atoms with Crippen LogP contribution in [0.25, 0.3) is 0 Å². The van der Waals surface area contributed by atoms with Gasteiger partial charge in [-0.2, -0.15) is 8.42 Å². The molecular formula is C43H78O12S. The van der Waals surface area contributed by atoms with Gasteiger partial charge in [0.05, 0.1) is 19.8 Å². The molecule has 0 aliphatic carbocycles. The van der Waals surface area contributed by atoms with Crippen LogP contribution in [0.2, 0.25) is 0 Å². The predicted molar refractivity (Wildman–Crippen MR) is 220 cm³/mol. The summed E-state index contributed by atoms with van der Waals surface area (Å²) in [4.78, 5) is 12.8. The van der Waals surface area contributed by atoms with E-state index in [1.54, 1.807) is 0 Å². The lowest BCUT2D eigenvalue weighted by Crippen LogP contribution is -2.60. The molecule has 1 aliphatic heterocycles. The first-order valence-electron chi connectivity index (χ1n) is 21.7. The molecule has 13 heteroatoms. The second kappa shape index (κ2) is 35.3. The monoisotopic (exact) mass is 819 g/mol. The summed E-state index contributed by atoms with van der Waals surface area (Å²) in [7, 11) is -5.06. The molecule has 6 atom stereocenters. The van der Waals surface area contributed by atoms with Crippen molar-refractivity contribution in [1.82, 2.24) is 0 Å². The van der Waals surface area contributed by atoms with Gasteiger partial charge >= 0.3 is 16.4 Å². The highest BCUT2D eigenvalue weighted by molar-refractivity contribution is 7.80. The van der Waals surface area contributed by atoms with Crippen molar-refractivity contribution >= 4 is 16.4 Å². The van der Waals surface area contributed by atoms with Gasteiger partial charge in [-0.1, -0.05) is 134 Å². The maximum Gasteiger partial charge on any atom is 0.397 e. The van der Waals surface area contributed by atoms with E-state index in [4.69, 9.17) is 23.5 Å². The summed E-state index contributed by atoms with van der Waals surface area (Å²) in [5.74, 6) is -0.411. The van der Waals surface area contributed by atoms with Gasteiger partial charge < -0.3 is 34.3 Å². The Hall–Kier alpha value is -1.68. The number of allylic oxidation sites excluding steroid dienone is 6. The molecule has 1 fully saturated rings. The van der Waals surface area contributed by atoms with E-state index < -0.39 is 59.8 Å². The summed E-state index contributed by atoms with van der Waals surface area (Å²) in [5.41, 5.74) is 0. The lowest BCUT2D eigenvalue weighted by Gasteiger charge is -2.41. The fraction of sp³-hybridized carbons (Fsp3) is 0.837. The molecule has 1 heterocycles. The van der Waals surface area contributed by atoms with Gasteiger partial charge in [-0.3, -0.25) is 9.35 Å². The molecule has 0 amide bonds. The molecule has 0 spiro atoms. The number of hydrogen-bond donors (Lipinski definition) is 4. The van der Waals surface area contributed by atoms with E-state index in [1.807, 2.05) is 0 Å². The van der Waals surface area contributed by atoms with Crippen LogP contribution in [-0.4, -0.2) is 97.5 Å². The van der Waals surface area contributed by atoms with Crippen LogP contribution in [0.1, 0.15) is 168 Å². The molecule has 0 bridgehead atoms. The Bertz CT molecular complexity index is 1130. The highest BCUT2D eigenvalue weighted by atomic mass is 32.3. The third kappa shape index (κ3) is 28.7. The SMILES string of the molecule is CCC/C=C\CCCCCCCCOCC(COC1OC(CO)C(O)C(OS(=O)(=O)O)C1O)OC(=O)CCCCCCCCC/C=C\C/C=C\CCCCCC. The molecule has 12 nitrogen and oxygen atoms in total. The van der Waals surface area contributed by atoms with Crippen molar-refractivity contribution in [3.63, 3.8) is 0 Å². The molecule has 6 unspecified atom stereocenters. The van der Waals surface area contributed by atoms with E-state index in [9.17, 15) is 28.5 Å². The van der Waals surface area contributed by atoms with Crippen LogP contribution in [0.15, 0.2) is 36.5 Å². The zero-order valence-electron chi connectivity index (χ0n) is 34.7. The number of rotatable bonds is 37. The summed E-state index contributed by atoms with van der Waals surface area (Å²) in [6.45, 7) is 3.88. The minimum Gasteiger partial charge on any atom is -0.457 e. The van der Waals surface area contributed by atoms with Gasteiger partial charge in [-0.15, -0.1) is 0 Å². The Balaban J connectivity index is 2.44. The summed E-state index contributed by atoms with van der Waals surface area (Å²) >= 11 is 0. The van der Waals surface area contributed by atoms with Crippen LogP contribution < -0.4 is 0 Å². The van der Waals surface area contributed by atoms with Crippen molar-refractivity contribution in [3.8, 4) is 0 Å². The number of carbonyl (C=O) groups is 1. The summed E-state index contributed by atoms with van der Waals surface area (Å²) in [5, 5.41) is 30.6. The van der Waals surface area contributed by atoms with Crippen molar-refractivity contribution in [2.45, 2.75) is 205 Å². The Labute approximate surface area is 339 Å². The van der Waals surface area contributed by atoms with Crippen LogP contribution in [0.4, 0.5) is 0 Å². The van der Waals surface area contributed by atoms with Gasteiger partial charge in [-0.05, 0) is 64.2 Å². The largest absolute Gasteiger partial charge is 0.457 e. The van der Waals surface area contributed by atoms with Gasteiger partial charge in [0.15, 0.2) is 6.29 Å². The molecule has 0 aromatic heterocycles. The minimum absolute atomic E-state index is 0.0284. The zero-order valence-corrected chi connectivity index (χ0v) is 35.5. The first-order chi connectivity index (χ1) is 27.1. The van der Waals surface area contributed by atoms with Gasteiger partial charge in [0.1, 0.15) is 30.5 Å². The molecule has 328 valence electrons. The van der Waals surface area contributed by atoms with Crippen molar-refractivity contribution in [1.29, 1.82) is 0 Å². The van der Waals surface area contributed by atoms with Crippen molar-refractivity contribution in [3.05, 3.63) is 36.5 Å². The zero-order chi connectivity index (χ0) is 41.1. The smallest absolute Gasteiger partial charge is 0.397 e. The summed E-state index contributed by atoms with van der Waals surface area (Å²) in [6, 6.07) is 0. The molecule has 4 N–H and O–H groups in total. The normalized spacial score (nSPS) is 21.1. The first-order valence-corrected chi connectivity index (χ1v) is 23.1. The predicted octanol–water partition coefficient (Wildman–Crippen LogP) is 8.63. The van der Waals surface area contributed by atoms with Crippen LogP contribution >= 0.6 is 0 Å². The van der Waals surface area contributed by atoms with E-state index in [1.165, 1.54) is 77.0 Å². The number of hydrogen-bond acceptors (Lipinski definition) is 11. The van der Waals surface area contributed by atoms with E-state index in [0.29, 0.717) is 13.0 Å². The number of carbonyl (C=O) groups excluding carboxylic acids is 1. The van der Waals surface area contributed by atoms with E-state index in [0.717, 1.165) is 64.2 Å². The van der Waals surface area contributed by atoms with E-state index >= 15 is 0 Å². The lowest BCUT2D eigenvalue weighted by atomic mass is 9.99. The average molecular weight is 819 g/mol. The van der Waals surface area contributed by atoms with Crippen LogP contribution in [0, 0.1) is 0 Å².